The molecule has 3 aromatic rings. The molecule has 4 rings (SSSR count). The van der Waals surface area contributed by atoms with Gasteiger partial charge in [-0.2, -0.15) is 8.42 Å². The van der Waals surface area contributed by atoms with Crippen molar-refractivity contribution in [3.05, 3.63) is 89.7 Å². The second kappa shape index (κ2) is 8.44. The van der Waals surface area contributed by atoms with Gasteiger partial charge in [-0.05, 0) is 54.2 Å². The van der Waals surface area contributed by atoms with Gasteiger partial charge in [-0.15, -0.1) is 11.0 Å². The average molecular weight is 454 g/mol. The van der Waals surface area contributed by atoms with E-state index >= 15 is 0 Å². The number of nitrogens with zero attached hydrogens (tertiary/aromatic N) is 3. The van der Waals surface area contributed by atoms with Crippen molar-refractivity contribution < 1.29 is 17.6 Å². The number of sulfonamides is 1. The number of hydrogen-bond donors (Lipinski definition) is 0. The van der Waals surface area contributed by atoms with E-state index in [1.54, 1.807) is 12.1 Å². The Kier molecular flexibility index (Phi) is 5.71. The Morgan fingerprint density at radius 3 is 2.58 bits per heavy atom. The number of carbonyl (C=O) groups is 1. The summed E-state index contributed by atoms with van der Waals surface area (Å²) >= 11 is 0.938. The van der Waals surface area contributed by atoms with Crippen LogP contribution in [0.1, 0.15) is 5.69 Å². The highest BCUT2D eigenvalue weighted by Crippen LogP contribution is 2.33. The number of carbonyl (C=O) groups excluding carboxylic acids is 1. The number of benzene rings is 2. The third-order valence-corrected chi connectivity index (χ3v) is 6.81. The van der Waals surface area contributed by atoms with Gasteiger partial charge >= 0.3 is 0 Å². The predicted molar refractivity (Wildman–Crippen MR) is 120 cm³/mol. The highest BCUT2D eigenvalue weighted by Gasteiger charge is 2.34. The molecule has 156 valence electrons. The third kappa shape index (κ3) is 4.42. The van der Waals surface area contributed by atoms with Crippen LogP contribution in [0.4, 0.5) is 4.39 Å². The lowest BCUT2D eigenvalue weighted by Crippen LogP contribution is -2.29. The molecule has 1 saturated heterocycles. The standard InChI is InChI=1S/C22H16FN3O3S2/c1-2-13-26-21(27)20(14-17-10-7-15-5-3-4-6-19(15)24-17)30-22(26)25-31(28,29)18-11-8-16(23)9-12-18/h2-12,14H,1,13H2. The van der Waals surface area contributed by atoms with Gasteiger partial charge < -0.3 is 0 Å². The number of hydrogen-bond acceptors (Lipinski definition) is 5. The summed E-state index contributed by atoms with van der Waals surface area (Å²) < 4.78 is 42.3. The van der Waals surface area contributed by atoms with E-state index in [0.29, 0.717) is 5.69 Å². The highest BCUT2D eigenvalue weighted by atomic mass is 32.2. The fraction of sp³-hybridized carbons (Fsp3) is 0.0455. The van der Waals surface area contributed by atoms with E-state index in [-0.39, 0.29) is 21.5 Å². The summed E-state index contributed by atoms with van der Waals surface area (Å²) in [5, 5.41) is 0.970. The molecule has 1 aliphatic heterocycles. The Morgan fingerprint density at radius 2 is 1.84 bits per heavy atom. The first-order valence-electron chi connectivity index (χ1n) is 9.16. The van der Waals surface area contributed by atoms with Crippen LogP contribution in [0.25, 0.3) is 17.0 Å². The Hall–Kier alpha value is -3.30. The van der Waals surface area contributed by atoms with Crippen LogP contribution < -0.4 is 0 Å². The topological polar surface area (TPSA) is 79.7 Å². The van der Waals surface area contributed by atoms with Gasteiger partial charge in [-0.25, -0.2) is 9.37 Å². The molecule has 0 radical (unpaired) electrons. The van der Waals surface area contributed by atoms with Gasteiger partial charge in [0, 0.05) is 11.9 Å². The van der Waals surface area contributed by atoms with Gasteiger partial charge in [-0.1, -0.05) is 30.3 Å². The van der Waals surface area contributed by atoms with Crippen LogP contribution >= 0.6 is 11.8 Å². The summed E-state index contributed by atoms with van der Waals surface area (Å²) in [7, 11) is -4.13. The number of aromatic nitrogens is 1. The van der Waals surface area contributed by atoms with Gasteiger partial charge in [0.1, 0.15) is 5.82 Å². The van der Waals surface area contributed by atoms with Crippen molar-refractivity contribution in [2.24, 2.45) is 4.40 Å². The minimum absolute atomic E-state index is 0.00117. The number of rotatable bonds is 5. The van der Waals surface area contributed by atoms with Crippen LogP contribution in [0.15, 0.2) is 87.5 Å². The molecule has 0 unspecified atom stereocenters. The van der Waals surface area contributed by atoms with Crippen molar-refractivity contribution in [2.45, 2.75) is 4.90 Å². The lowest BCUT2D eigenvalue weighted by atomic mass is 10.2. The molecule has 0 spiro atoms. The fourth-order valence-electron chi connectivity index (χ4n) is 2.92. The minimum atomic E-state index is -4.13. The summed E-state index contributed by atoms with van der Waals surface area (Å²) in [6.45, 7) is 3.71. The Balaban J connectivity index is 1.71. The molecule has 2 aromatic carbocycles. The molecule has 0 bridgehead atoms. The number of amides is 1. The Bertz CT molecular complexity index is 1350. The van der Waals surface area contributed by atoms with Gasteiger partial charge in [0.15, 0.2) is 5.17 Å². The van der Waals surface area contributed by atoms with Crippen LogP contribution in [-0.4, -0.2) is 35.9 Å². The van der Waals surface area contributed by atoms with Gasteiger partial charge in [0.05, 0.1) is 21.0 Å². The van der Waals surface area contributed by atoms with Crippen molar-refractivity contribution in [1.29, 1.82) is 0 Å². The first kappa shape index (κ1) is 21.0. The molecule has 6 nitrogen and oxygen atoms in total. The molecule has 1 fully saturated rings. The molecular formula is C22H16FN3O3S2. The van der Waals surface area contributed by atoms with Crippen molar-refractivity contribution in [1.82, 2.24) is 9.88 Å². The molecular weight excluding hydrogens is 437 g/mol. The maximum absolute atomic E-state index is 13.1. The van der Waals surface area contributed by atoms with Crippen LogP contribution in [0.2, 0.25) is 0 Å². The number of para-hydroxylation sites is 1. The molecule has 0 aliphatic carbocycles. The number of halogens is 1. The van der Waals surface area contributed by atoms with Crippen LogP contribution in [-0.2, 0) is 14.8 Å². The summed E-state index contributed by atoms with van der Waals surface area (Å²) in [6.07, 6.45) is 3.08. The van der Waals surface area contributed by atoms with E-state index in [1.807, 2.05) is 30.3 Å². The Labute approximate surface area is 182 Å². The van der Waals surface area contributed by atoms with Crippen LogP contribution in [0.3, 0.4) is 0 Å². The molecule has 0 saturated carbocycles. The van der Waals surface area contributed by atoms with E-state index < -0.39 is 21.7 Å². The first-order valence-corrected chi connectivity index (χ1v) is 11.4. The maximum Gasteiger partial charge on any atom is 0.284 e. The van der Waals surface area contributed by atoms with E-state index in [1.165, 1.54) is 11.0 Å². The first-order chi connectivity index (χ1) is 14.9. The quantitative estimate of drug-likeness (QED) is 0.427. The molecule has 2 heterocycles. The van der Waals surface area contributed by atoms with Gasteiger partial charge in [0.2, 0.25) is 0 Å². The van der Waals surface area contributed by atoms with E-state index in [9.17, 15) is 17.6 Å². The molecule has 1 aliphatic rings. The average Bonchev–Trinajstić information content (AvgIpc) is 3.02. The van der Waals surface area contributed by atoms with Crippen LogP contribution in [0, 0.1) is 5.82 Å². The van der Waals surface area contributed by atoms with Crippen molar-refractivity contribution in [3.8, 4) is 0 Å². The second-order valence-electron chi connectivity index (χ2n) is 6.55. The van der Waals surface area contributed by atoms with E-state index in [0.717, 1.165) is 46.9 Å². The van der Waals surface area contributed by atoms with Crippen molar-refractivity contribution >= 4 is 49.8 Å². The molecule has 1 aromatic heterocycles. The van der Waals surface area contributed by atoms with E-state index in [2.05, 4.69) is 16.0 Å². The molecule has 31 heavy (non-hydrogen) atoms. The van der Waals surface area contributed by atoms with Crippen LogP contribution in [0.5, 0.6) is 0 Å². The number of pyridine rings is 1. The smallest absolute Gasteiger partial charge is 0.282 e. The molecule has 0 atom stereocenters. The SMILES string of the molecule is C=CCN1C(=O)C(=Cc2ccc3ccccc3n2)SC1=NS(=O)(=O)c1ccc(F)cc1. The fourth-order valence-corrected chi connectivity index (χ4v) is 5.10. The summed E-state index contributed by atoms with van der Waals surface area (Å²) in [5.41, 5.74) is 1.35. The predicted octanol–water partition coefficient (Wildman–Crippen LogP) is 4.22. The highest BCUT2D eigenvalue weighted by molar-refractivity contribution is 8.19. The zero-order valence-corrected chi connectivity index (χ0v) is 17.7. The molecule has 1 amide bonds. The number of fused-ring (bicyclic) bond motifs is 1. The lowest BCUT2D eigenvalue weighted by Gasteiger charge is -2.12. The summed E-state index contributed by atoms with van der Waals surface area (Å²) in [5.74, 6) is -0.952. The summed E-state index contributed by atoms with van der Waals surface area (Å²) in [4.78, 5) is 18.8. The maximum atomic E-state index is 13.1. The number of thioether (sulfide) groups is 1. The molecule has 9 heteroatoms. The van der Waals surface area contributed by atoms with Gasteiger partial charge in [0.25, 0.3) is 15.9 Å². The lowest BCUT2D eigenvalue weighted by molar-refractivity contribution is -0.121. The zero-order valence-electron chi connectivity index (χ0n) is 16.1. The largest absolute Gasteiger partial charge is 0.284 e. The third-order valence-electron chi connectivity index (χ3n) is 4.41. The van der Waals surface area contributed by atoms with E-state index in [4.69, 9.17) is 0 Å². The zero-order chi connectivity index (χ0) is 22.0. The molecule has 0 N–H and O–H groups in total. The minimum Gasteiger partial charge on any atom is -0.282 e. The number of amidine groups is 1. The van der Waals surface area contributed by atoms with Crippen molar-refractivity contribution in [3.63, 3.8) is 0 Å². The summed E-state index contributed by atoms with van der Waals surface area (Å²) in [6, 6.07) is 15.6. The van der Waals surface area contributed by atoms with Gasteiger partial charge in [-0.3, -0.25) is 9.69 Å². The van der Waals surface area contributed by atoms with Crippen molar-refractivity contribution in [2.75, 3.05) is 6.54 Å². The Morgan fingerprint density at radius 1 is 1.10 bits per heavy atom. The second-order valence-corrected chi connectivity index (χ2v) is 9.16. The normalized spacial score (nSPS) is 17.1. The monoisotopic (exact) mass is 453 g/mol.